The number of ketones is 1. The number of hydrogen-bond acceptors (Lipinski definition) is 4. The van der Waals surface area contributed by atoms with Crippen molar-refractivity contribution in [3.8, 4) is 11.5 Å². The summed E-state index contributed by atoms with van der Waals surface area (Å²) in [6.07, 6.45) is 4.86. The van der Waals surface area contributed by atoms with Gasteiger partial charge >= 0.3 is 7.32 Å². The van der Waals surface area contributed by atoms with Gasteiger partial charge in [0.2, 0.25) is 5.78 Å². The van der Waals surface area contributed by atoms with Gasteiger partial charge in [0.1, 0.15) is 17.3 Å². The summed E-state index contributed by atoms with van der Waals surface area (Å²) in [7, 11) is -1.02. The topological polar surface area (TPSA) is 76.3 Å². The summed E-state index contributed by atoms with van der Waals surface area (Å²) < 4.78 is 17.7. The molecule has 28 heavy (non-hydrogen) atoms. The maximum Gasteiger partial charge on any atom is 0.864 e. The van der Waals surface area contributed by atoms with E-state index in [4.69, 9.17) is 14.0 Å². The van der Waals surface area contributed by atoms with Gasteiger partial charge in [-0.1, -0.05) is 24.3 Å². The molecule has 2 aromatic heterocycles. The van der Waals surface area contributed by atoms with Crippen LogP contribution in [0.5, 0.6) is 11.5 Å². The second-order valence-corrected chi connectivity index (χ2v) is 6.29. The highest BCUT2D eigenvalue weighted by Crippen LogP contribution is 2.38. The van der Waals surface area contributed by atoms with Crippen LogP contribution in [-0.4, -0.2) is 23.1 Å². The highest BCUT2D eigenvalue weighted by Gasteiger charge is 2.36. The molecule has 0 bridgehead atoms. The fourth-order valence-corrected chi connectivity index (χ4v) is 3.19. The quantitative estimate of drug-likeness (QED) is 0.239. The first-order chi connectivity index (χ1) is 13.8. The summed E-state index contributed by atoms with van der Waals surface area (Å²) >= 11 is 0. The molecule has 0 amide bonds. The van der Waals surface area contributed by atoms with Crippen LogP contribution >= 0.6 is 0 Å². The summed E-state index contributed by atoms with van der Waals surface area (Å²) in [5.74, 6) is 1.45. The molecular formula is C21H15BN2O4. The molecule has 0 fully saturated rings. The van der Waals surface area contributed by atoms with E-state index in [0.29, 0.717) is 28.6 Å². The molecule has 2 aromatic carbocycles. The largest absolute Gasteiger partial charge is 0.864 e. The number of hydrogen-bond donors (Lipinski definition) is 2. The van der Waals surface area contributed by atoms with E-state index < -0.39 is 7.32 Å². The number of allylic oxidation sites excluding steroid dienone is 1. The third-order valence-electron chi connectivity index (χ3n) is 4.49. The molecule has 1 aliphatic rings. The van der Waals surface area contributed by atoms with E-state index in [2.05, 4.69) is 9.97 Å². The molecule has 7 heteroatoms. The van der Waals surface area contributed by atoms with Crippen LogP contribution in [-0.2, 0) is 4.65 Å². The standard InChI is InChI=1S/C21H15BN2O4/c25-17(15-7-3-11-23-15)13-20(16-8-4-12-24-16)28-22-26-18-9-1-5-14-6-2-10-19(27-22)21(14)18/h1-13,23-24H/b20-13-. The average Bonchev–Trinajstić information content (AvgIpc) is 3.42. The number of aromatic nitrogens is 2. The Balaban J connectivity index is 1.46. The monoisotopic (exact) mass is 370 g/mol. The van der Waals surface area contributed by atoms with Crippen molar-refractivity contribution in [1.82, 2.24) is 9.97 Å². The lowest BCUT2D eigenvalue weighted by Crippen LogP contribution is -2.35. The van der Waals surface area contributed by atoms with Crippen molar-refractivity contribution in [2.75, 3.05) is 0 Å². The molecular weight excluding hydrogens is 355 g/mol. The van der Waals surface area contributed by atoms with Gasteiger partial charge in [0.25, 0.3) is 0 Å². The van der Waals surface area contributed by atoms with Crippen molar-refractivity contribution in [3.05, 3.63) is 90.5 Å². The van der Waals surface area contributed by atoms with Crippen LogP contribution in [0.3, 0.4) is 0 Å². The van der Waals surface area contributed by atoms with Crippen LogP contribution in [0.1, 0.15) is 16.2 Å². The van der Waals surface area contributed by atoms with Crippen molar-refractivity contribution in [2.24, 2.45) is 0 Å². The second kappa shape index (κ2) is 6.70. The summed E-state index contributed by atoms with van der Waals surface area (Å²) in [4.78, 5) is 18.5. The Morgan fingerprint density at radius 3 is 2.11 bits per heavy atom. The van der Waals surface area contributed by atoms with Gasteiger partial charge in [0, 0.05) is 18.5 Å². The average molecular weight is 370 g/mol. The Labute approximate surface area is 160 Å². The molecule has 0 aliphatic carbocycles. The fourth-order valence-electron chi connectivity index (χ4n) is 3.19. The third-order valence-corrected chi connectivity index (χ3v) is 4.49. The van der Waals surface area contributed by atoms with Gasteiger partial charge in [-0.2, -0.15) is 0 Å². The Bertz CT molecular complexity index is 1130. The summed E-state index contributed by atoms with van der Waals surface area (Å²) in [5, 5.41) is 1.92. The fraction of sp³-hybridized carbons (Fsp3) is 0. The number of carbonyl (C=O) groups is 1. The number of nitrogens with one attached hydrogen (secondary N) is 2. The lowest BCUT2D eigenvalue weighted by molar-refractivity contribution is 0.104. The van der Waals surface area contributed by atoms with E-state index in [1.165, 1.54) is 6.08 Å². The SMILES string of the molecule is O=C(/C=C(\OB1Oc2cccc3cccc(c23)O1)c1ccc[nH]1)c1ccc[nH]1. The molecule has 0 atom stereocenters. The predicted octanol–water partition coefficient (Wildman–Crippen LogP) is 4.19. The molecule has 3 heterocycles. The van der Waals surface area contributed by atoms with Crippen LogP contribution in [0.2, 0.25) is 0 Å². The molecule has 4 aromatic rings. The first kappa shape index (κ1) is 16.3. The smallest absolute Gasteiger partial charge is 0.489 e. The summed E-state index contributed by atoms with van der Waals surface area (Å²) in [6.45, 7) is 0. The zero-order chi connectivity index (χ0) is 18.9. The van der Waals surface area contributed by atoms with Gasteiger partial charge < -0.3 is 23.9 Å². The molecule has 0 saturated carbocycles. The summed E-state index contributed by atoms with van der Waals surface area (Å²) in [5.41, 5.74) is 1.11. The van der Waals surface area contributed by atoms with E-state index >= 15 is 0 Å². The van der Waals surface area contributed by atoms with Crippen LogP contribution in [0.25, 0.3) is 16.5 Å². The zero-order valence-corrected chi connectivity index (χ0v) is 14.7. The van der Waals surface area contributed by atoms with Crippen LogP contribution in [0, 0.1) is 0 Å². The number of rotatable bonds is 5. The Hall–Kier alpha value is -3.87. The number of benzene rings is 2. The van der Waals surface area contributed by atoms with Crippen LogP contribution in [0.4, 0.5) is 0 Å². The molecule has 0 saturated heterocycles. The number of H-pyrrole nitrogens is 2. The van der Waals surface area contributed by atoms with E-state index in [0.717, 1.165) is 10.8 Å². The van der Waals surface area contributed by atoms with Gasteiger partial charge in [-0.05, 0) is 41.8 Å². The lowest BCUT2D eigenvalue weighted by atomic mass is 10.0. The molecule has 5 rings (SSSR count). The van der Waals surface area contributed by atoms with Gasteiger partial charge in [-0.3, -0.25) is 4.79 Å². The zero-order valence-electron chi connectivity index (χ0n) is 14.7. The van der Waals surface area contributed by atoms with Crippen LogP contribution in [0.15, 0.2) is 79.1 Å². The summed E-state index contributed by atoms with van der Waals surface area (Å²) in [6, 6.07) is 18.7. The molecule has 1 aliphatic heterocycles. The normalized spacial score (nSPS) is 13.1. The molecule has 136 valence electrons. The number of carbonyl (C=O) groups excluding carboxylic acids is 1. The molecule has 0 radical (unpaired) electrons. The van der Waals surface area contributed by atoms with Gasteiger partial charge in [0.05, 0.1) is 16.8 Å². The van der Waals surface area contributed by atoms with E-state index in [9.17, 15) is 4.79 Å². The first-order valence-corrected chi connectivity index (χ1v) is 8.83. The Morgan fingerprint density at radius 1 is 0.857 bits per heavy atom. The van der Waals surface area contributed by atoms with Crippen molar-refractivity contribution in [1.29, 1.82) is 0 Å². The second-order valence-electron chi connectivity index (χ2n) is 6.29. The maximum atomic E-state index is 12.5. The minimum Gasteiger partial charge on any atom is -0.489 e. The van der Waals surface area contributed by atoms with Gasteiger partial charge in [0.15, 0.2) is 0 Å². The van der Waals surface area contributed by atoms with E-state index in [1.807, 2.05) is 48.5 Å². The minimum absolute atomic E-state index is 0.215. The van der Waals surface area contributed by atoms with Gasteiger partial charge in [-0.15, -0.1) is 0 Å². The highest BCUT2D eigenvalue weighted by atomic mass is 16.7. The van der Waals surface area contributed by atoms with Crippen molar-refractivity contribution in [3.63, 3.8) is 0 Å². The van der Waals surface area contributed by atoms with Crippen molar-refractivity contribution in [2.45, 2.75) is 0 Å². The lowest BCUT2D eigenvalue weighted by Gasteiger charge is -2.24. The third kappa shape index (κ3) is 2.93. The van der Waals surface area contributed by atoms with Gasteiger partial charge in [-0.25, -0.2) is 0 Å². The Morgan fingerprint density at radius 2 is 1.50 bits per heavy atom. The van der Waals surface area contributed by atoms with Crippen LogP contribution < -0.4 is 9.31 Å². The number of aromatic amines is 2. The molecule has 0 spiro atoms. The first-order valence-electron chi connectivity index (χ1n) is 8.83. The van der Waals surface area contributed by atoms with E-state index in [-0.39, 0.29) is 5.78 Å². The highest BCUT2D eigenvalue weighted by molar-refractivity contribution is 6.41. The molecule has 6 nitrogen and oxygen atoms in total. The maximum absolute atomic E-state index is 12.5. The molecule has 2 N–H and O–H groups in total. The minimum atomic E-state index is -1.02. The van der Waals surface area contributed by atoms with Crippen molar-refractivity contribution >= 4 is 29.6 Å². The van der Waals surface area contributed by atoms with Crippen molar-refractivity contribution < 1.29 is 18.8 Å². The van der Waals surface area contributed by atoms with E-state index in [1.54, 1.807) is 24.5 Å². The Kier molecular flexibility index (Phi) is 3.90. The predicted molar refractivity (Wildman–Crippen MR) is 106 cm³/mol. The molecule has 0 unspecified atom stereocenters.